The van der Waals surface area contributed by atoms with Crippen LogP contribution in [0.5, 0.6) is 0 Å². The Labute approximate surface area is 756 Å². The van der Waals surface area contributed by atoms with Gasteiger partial charge in [0.05, 0.1) is 54.5 Å². The minimum atomic E-state index is -0.120. The molecule has 0 nitrogen and oxygen atoms in total. The molecular formula is C118H131S5+5. The third-order valence-electron chi connectivity index (χ3n) is 21.8. The predicted octanol–water partition coefficient (Wildman–Crippen LogP) is 33.1. The van der Waals surface area contributed by atoms with Crippen LogP contribution in [0.15, 0.2) is 462 Å². The molecule has 0 amide bonds. The van der Waals surface area contributed by atoms with Crippen LogP contribution in [0.25, 0.3) is 0 Å². The maximum Gasteiger partial charge on any atom is 0.166 e. The van der Waals surface area contributed by atoms with E-state index in [1.807, 2.05) is 0 Å². The van der Waals surface area contributed by atoms with Crippen molar-refractivity contribution in [2.45, 2.75) is 259 Å². The highest BCUT2D eigenvalue weighted by Gasteiger charge is 2.35. The van der Waals surface area contributed by atoms with Crippen molar-refractivity contribution in [2.75, 3.05) is 0 Å². The fraction of sp³-hybridized carbons (Fsp3) is 0.237. The molecule has 0 saturated carbocycles. The molecule has 0 unspecified atom stereocenters. The van der Waals surface area contributed by atoms with Gasteiger partial charge in [0.2, 0.25) is 0 Å². The molecule has 0 fully saturated rings. The molecule has 15 rings (SSSR count). The Morgan fingerprint density at radius 1 is 0.146 bits per heavy atom. The van der Waals surface area contributed by atoms with Crippen LogP contribution < -0.4 is 0 Å². The highest BCUT2D eigenvalue weighted by Crippen LogP contribution is 2.40. The van der Waals surface area contributed by atoms with Crippen molar-refractivity contribution in [2.24, 2.45) is 0 Å². The van der Waals surface area contributed by atoms with Crippen LogP contribution in [-0.4, -0.2) is 0 Å². The summed E-state index contributed by atoms with van der Waals surface area (Å²) in [6.07, 6.45) is 0. The van der Waals surface area contributed by atoms with Gasteiger partial charge in [0.15, 0.2) is 73.4 Å². The van der Waals surface area contributed by atoms with Gasteiger partial charge >= 0.3 is 0 Å². The maximum atomic E-state index is 2.33. The first-order chi connectivity index (χ1) is 58.5. The van der Waals surface area contributed by atoms with Crippen LogP contribution in [0.3, 0.4) is 0 Å². The van der Waals surface area contributed by atoms with E-state index in [4.69, 9.17) is 0 Å². The second-order valence-electron chi connectivity index (χ2n) is 37.4. The molecule has 0 N–H and O–H groups in total. The molecule has 123 heavy (non-hydrogen) atoms. The summed E-state index contributed by atoms with van der Waals surface area (Å²) in [4.78, 5) is 20.6. The smallest absolute Gasteiger partial charge is 0.0619 e. The summed E-state index contributed by atoms with van der Waals surface area (Å²) in [6.45, 7) is 49.3. The van der Waals surface area contributed by atoms with E-state index in [9.17, 15) is 0 Å². The topological polar surface area (TPSA) is 0 Å². The minimum Gasteiger partial charge on any atom is -0.0619 e. The molecule has 0 heterocycles. The third-order valence-corrected chi connectivity index (χ3v) is 32.9. The molecule has 0 spiro atoms. The lowest BCUT2D eigenvalue weighted by Crippen LogP contribution is -2.13. The van der Waals surface area contributed by atoms with Crippen molar-refractivity contribution in [3.63, 3.8) is 0 Å². The summed E-state index contributed by atoms with van der Waals surface area (Å²) in [5, 5.41) is 0. The van der Waals surface area contributed by atoms with E-state index >= 15 is 0 Å². The molecule has 0 radical (unpaired) electrons. The van der Waals surface area contributed by atoms with E-state index in [1.165, 1.54) is 135 Å². The quantitative estimate of drug-likeness (QED) is 0.0846. The second kappa shape index (κ2) is 42.6. The van der Waals surface area contributed by atoms with Crippen LogP contribution in [0.2, 0.25) is 0 Å². The molecule has 628 valence electrons. The maximum absolute atomic E-state index is 2.33. The summed E-state index contributed by atoms with van der Waals surface area (Å²) in [5.41, 5.74) is 15.7. The molecule has 0 aromatic heterocycles. The van der Waals surface area contributed by atoms with E-state index in [1.54, 1.807) is 0 Å². The van der Waals surface area contributed by atoms with Crippen LogP contribution in [-0.2, 0) is 81.5 Å². The molecular weight excluding hydrogens is 1580 g/mol. The van der Waals surface area contributed by atoms with Gasteiger partial charge in [-0.25, -0.2) is 0 Å². The SMILES string of the molecule is CC(C)(C)c1ccc([S+](c2ccc(C(C)(C)C)cc2)c2ccc(C(C)(C)C)cc2)cc1.CC(C)(C)c1ccc([S+](c2ccccc2)c2ccc(C(C)(C)C)cc2)cc1.CC(C)c1ccc([S+](c2ccccc2)c2ccccc2)cc1.Cc1ccc([S+](c2ccc(C)cc2)c2ccc(C)cc2)cc1.Cc1ccc([S+](c2ccccc2)c2ccc(C)cc2)cc1. The summed E-state index contributed by atoms with van der Waals surface area (Å²) < 4.78 is 0. The van der Waals surface area contributed by atoms with Gasteiger partial charge in [-0.2, -0.15) is 0 Å². The van der Waals surface area contributed by atoms with Gasteiger partial charge in [0.25, 0.3) is 0 Å². The Balaban J connectivity index is 0.000000151. The zero-order valence-corrected chi connectivity index (χ0v) is 81.2. The first-order valence-corrected chi connectivity index (χ1v) is 49.6. The monoisotopic (exact) mass is 1710 g/mol. The summed E-state index contributed by atoms with van der Waals surface area (Å²) in [6, 6.07) is 143. The van der Waals surface area contributed by atoms with Crippen LogP contribution in [0.1, 0.15) is 185 Å². The van der Waals surface area contributed by atoms with E-state index in [2.05, 4.69) is 541 Å². The lowest BCUT2D eigenvalue weighted by Gasteiger charge is -2.21. The van der Waals surface area contributed by atoms with E-state index in [0.29, 0.717) is 5.92 Å². The Morgan fingerprint density at radius 2 is 0.260 bits per heavy atom. The molecule has 15 aromatic carbocycles. The van der Waals surface area contributed by atoms with Gasteiger partial charge in [-0.05, 0) is 283 Å². The second-order valence-corrected chi connectivity index (χ2v) is 47.6. The van der Waals surface area contributed by atoms with Crippen LogP contribution >= 0.6 is 0 Å². The zero-order valence-electron chi connectivity index (χ0n) is 77.1. The molecule has 0 aliphatic carbocycles. The fourth-order valence-corrected chi connectivity index (χ4v) is 24.4. The van der Waals surface area contributed by atoms with Gasteiger partial charge < -0.3 is 0 Å². The van der Waals surface area contributed by atoms with E-state index in [-0.39, 0.29) is 81.5 Å². The molecule has 0 bridgehead atoms. The molecule has 15 aromatic rings. The number of rotatable bonds is 16. The summed E-state index contributed by atoms with van der Waals surface area (Å²) in [5.74, 6) is 0.573. The Morgan fingerprint density at radius 3 is 0.382 bits per heavy atom. The molecule has 0 saturated heterocycles. The number of hydrogen-bond donors (Lipinski definition) is 0. The Hall–Kier alpha value is -9.95. The zero-order chi connectivity index (χ0) is 88.2. The molecule has 0 aliphatic rings. The minimum absolute atomic E-state index is 0.0312. The Bertz CT molecular complexity index is 5270. The van der Waals surface area contributed by atoms with Crippen LogP contribution in [0.4, 0.5) is 0 Å². The van der Waals surface area contributed by atoms with Crippen LogP contribution in [0, 0.1) is 34.6 Å². The molecule has 5 heteroatoms. The van der Waals surface area contributed by atoms with Gasteiger partial charge in [-0.15, -0.1) is 0 Å². The highest BCUT2D eigenvalue weighted by molar-refractivity contribution is 7.98. The molecule has 0 aliphatic heterocycles. The van der Waals surface area contributed by atoms with E-state index < -0.39 is 0 Å². The van der Waals surface area contributed by atoms with Crippen molar-refractivity contribution >= 4 is 54.5 Å². The fourth-order valence-electron chi connectivity index (χ4n) is 14.1. The van der Waals surface area contributed by atoms with Crippen molar-refractivity contribution in [3.05, 3.63) is 449 Å². The van der Waals surface area contributed by atoms with Gasteiger partial charge in [-0.1, -0.05) is 352 Å². The van der Waals surface area contributed by atoms with Gasteiger partial charge in [0, 0.05) is 0 Å². The van der Waals surface area contributed by atoms with Crippen molar-refractivity contribution < 1.29 is 0 Å². The number of hydrogen-bond acceptors (Lipinski definition) is 0. The molecule has 0 atom stereocenters. The lowest BCUT2D eigenvalue weighted by atomic mass is 9.87. The first kappa shape index (κ1) is 93.7. The normalized spacial score (nSPS) is 11.8. The average Bonchev–Trinajstić information content (AvgIpc) is 0.811. The highest BCUT2D eigenvalue weighted by atomic mass is 32.2. The largest absolute Gasteiger partial charge is 0.166 e. The van der Waals surface area contributed by atoms with Gasteiger partial charge in [0.1, 0.15) is 0 Å². The average molecular weight is 1710 g/mol. The predicted molar refractivity (Wildman–Crippen MR) is 539 cm³/mol. The Kier molecular flexibility index (Phi) is 32.5. The van der Waals surface area contributed by atoms with Gasteiger partial charge in [-0.3, -0.25) is 0 Å². The van der Waals surface area contributed by atoms with Crippen molar-refractivity contribution in [3.8, 4) is 0 Å². The summed E-state index contributed by atoms with van der Waals surface area (Å²) >= 11 is 0. The standard InChI is InChI=1S/C30H39S.C26H31S.2C21H21S.C20H19S/c1-28(2,3)22-10-16-25(17-11-22)31(26-18-12-23(13-19-26)29(4,5)6)27-20-14-24(15-21-27)30(7,8)9;1-25(2,3)20-12-16-23(17-13-20)27(22-10-8-7-9-11-22)24-18-14-21(15-19-24)26(4,5)6;1-16-4-10-19(11-5-16)22(20-12-6-17(2)7-13-20)21-14-8-18(3)9-15-21;1-17(2)18-13-15-21(16-14-18)22(19-9-5-3-6-10-19)20-11-7-4-8-12-20;1-16-8-12-19(13-9-16)21(18-6-4-3-5-7-18)20-14-10-17(2)11-15-20/h10-21H,1-9H3;7-19H,1-6H3;4-15H,1-3H3;3-17H,1-2H3;3-15H,1-2H3/q5*+1. The number of benzene rings is 15. The van der Waals surface area contributed by atoms with Crippen molar-refractivity contribution in [1.82, 2.24) is 0 Å². The lowest BCUT2D eigenvalue weighted by molar-refractivity contribution is 0.589. The first-order valence-electron chi connectivity index (χ1n) is 43.4. The third kappa shape index (κ3) is 26.6. The van der Waals surface area contributed by atoms with E-state index in [0.717, 1.165) is 0 Å². The summed E-state index contributed by atoms with van der Waals surface area (Å²) in [7, 11) is -0.311. The van der Waals surface area contributed by atoms with Crippen molar-refractivity contribution in [1.29, 1.82) is 0 Å². The number of aryl methyl sites for hydroxylation is 5.